The average molecular weight is 311 g/mol. The van der Waals surface area contributed by atoms with Crippen LogP contribution in [-0.4, -0.2) is 37.2 Å². The van der Waals surface area contributed by atoms with Crippen LogP contribution in [0.1, 0.15) is 33.6 Å². The van der Waals surface area contributed by atoms with Crippen LogP contribution in [0.25, 0.3) is 0 Å². The number of benzene rings is 1. The van der Waals surface area contributed by atoms with E-state index < -0.39 is 0 Å². The average Bonchev–Trinajstić information content (AvgIpc) is 2.44. The Morgan fingerprint density at radius 1 is 1.33 bits per heavy atom. The van der Waals surface area contributed by atoms with Crippen molar-refractivity contribution in [1.82, 2.24) is 4.90 Å². The second kappa shape index (κ2) is 7.90. The zero-order valence-corrected chi connectivity index (χ0v) is 14.1. The van der Waals surface area contributed by atoms with Gasteiger partial charge in [0, 0.05) is 31.4 Å². The zero-order valence-electron chi connectivity index (χ0n) is 13.4. The summed E-state index contributed by atoms with van der Waals surface area (Å²) in [7, 11) is 0. The fourth-order valence-electron chi connectivity index (χ4n) is 2.88. The molecule has 0 unspecified atom stereocenters. The summed E-state index contributed by atoms with van der Waals surface area (Å²) in [5.74, 6) is 1.51. The third-order valence-electron chi connectivity index (χ3n) is 3.81. The van der Waals surface area contributed by atoms with Gasteiger partial charge >= 0.3 is 0 Å². The summed E-state index contributed by atoms with van der Waals surface area (Å²) in [6.45, 7) is 10.7. The molecule has 1 aliphatic rings. The van der Waals surface area contributed by atoms with Crippen LogP contribution in [0.15, 0.2) is 18.2 Å². The number of rotatable bonds is 6. The molecule has 1 N–H and O–H groups in total. The van der Waals surface area contributed by atoms with Gasteiger partial charge in [0.05, 0.1) is 11.6 Å². The van der Waals surface area contributed by atoms with Crippen LogP contribution in [0.5, 0.6) is 5.75 Å². The van der Waals surface area contributed by atoms with Crippen LogP contribution >= 0.6 is 11.6 Å². The van der Waals surface area contributed by atoms with Crippen molar-refractivity contribution < 1.29 is 4.74 Å². The van der Waals surface area contributed by atoms with E-state index in [1.165, 1.54) is 32.5 Å². The number of hydrogen-bond donors (Lipinski definition) is 1. The largest absolute Gasteiger partial charge is 0.492 e. The highest BCUT2D eigenvalue weighted by Gasteiger charge is 2.19. The molecule has 0 bridgehead atoms. The predicted molar refractivity (Wildman–Crippen MR) is 90.5 cm³/mol. The molecule has 0 aromatic heterocycles. The Balaban J connectivity index is 1.84. The van der Waals surface area contributed by atoms with Gasteiger partial charge in [-0.05, 0) is 43.9 Å². The molecule has 21 heavy (non-hydrogen) atoms. The molecule has 0 amide bonds. The summed E-state index contributed by atoms with van der Waals surface area (Å²) in [5.41, 5.74) is 1.09. The fraction of sp³-hybridized carbons (Fsp3) is 0.647. The van der Waals surface area contributed by atoms with E-state index in [1.54, 1.807) is 0 Å². The van der Waals surface area contributed by atoms with Crippen LogP contribution < -0.4 is 10.1 Å². The smallest absolute Gasteiger partial charge is 0.138 e. The number of likely N-dealkylation sites (tertiary alicyclic amines) is 1. The molecule has 118 valence electrons. The maximum Gasteiger partial charge on any atom is 0.138 e. The first-order chi connectivity index (χ1) is 10.1. The Morgan fingerprint density at radius 3 is 2.62 bits per heavy atom. The maximum absolute atomic E-state index is 6.23. The normalized spacial score (nSPS) is 17.2. The number of piperidine rings is 1. The van der Waals surface area contributed by atoms with E-state index in [4.69, 9.17) is 16.3 Å². The van der Waals surface area contributed by atoms with Gasteiger partial charge < -0.3 is 15.0 Å². The van der Waals surface area contributed by atoms with Crippen molar-refractivity contribution in [3.63, 3.8) is 0 Å². The van der Waals surface area contributed by atoms with Crippen molar-refractivity contribution in [2.75, 3.05) is 31.6 Å². The van der Waals surface area contributed by atoms with E-state index in [1.807, 2.05) is 19.1 Å². The molecule has 3 nitrogen and oxygen atoms in total. The summed E-state index contributed by atoms with van der Waals surface area (Å²) in [6, 6.07) is 6.51. The molecule has 0 aliphatic carbocycles. The van der Waals surface area contributed by atoms with Gasteiger partial charge in [-0.1, -0.05) is 25.4 Å². The summed E-state index contributed by atoms with van der Waals surface area (Å²) in [5, 5.41) is 4.28. The lowest BCUT2D eigenvalue weighted by Crippen LogP contribution is -2.40. The predicted octanol–water partition coefficient (Wildman–Crippen LogP) is 4.27. The Kier molecular flexibility index (Phi) is 6.19. The first-order valence-electron chi connectivity index (χ1n) is 7.99. The second-order valence-corrected chi connectivity index (χ2v) is 6.60. The Bertz CT molecular complexity index is 442. The lowest BCUT2D eigenvalue weighted by atomic mass is 10.0. The van der Waals surface area contributed by atoms with E-state index >= 15 is 0 Å². The Morgan fingerprint density at radius 2 is 2.05 bits per heavy atom. The highest BCUT2D eigenvalue weighted by molar-refractivity contribution is 6.32. The molecule has 1 saturated heterocycles. The van der Waals surface area contributed by atoms with Gasteiger partial charge in [0.2, 0.25) is 0 Å². The molecule has 1 aliphatic heterocycles. The molecule has 2 rings (SSSR count). The summed E-state index contributed by atoms with van der Waals surface area (Å²) in [4.78, 5) is 2.56. The fourth-order valence-corrected chi connectivity index (χ4v) is 3.11. The van der Waals surface area contributed by atoms with Crippen molar-refractivity contribution in [2.45, 2.75) is 39.7 Å². The lowest BCUT2D eigenvalue weighted by molar-refractivity contribution is 0.198. The van der Waals surface area contributed by atoms with Crippen LogP contribution in [0.2, 0.25) is 5.02 Å². The minimum Gasteiger partial charge on any atom is -0.492 e. The van der Waals surface area contributed by atoms with Gasteiger partial charge in [-0.25, -0.2) is 0 Å². The SMILES string of the molecule is CCOc1ccc(NC2CCN(CC(C)C)CC2)cc1Cl. The van der Waals surface area contributed by atoms with Crippen LogP contribution in [0, 0.1) is 5.92 Å². The summed E-state index contributed by atoms with van der Waals surface area (Å²) in [6.07, 6.45) is 2.38. The standard InChI is InChI=1S/C17H27ClN2O/c1-4-21-17-6-5-15(11-16(17)18)19-14-7-9-20(10-8-14)12-13(2)3/h5-6,11,13-14,19H,4,7-10,12H2,1-3H3. The molecule has 0 spiro atoms. The van der Waals surface area contributed by atoms with E-state index in [2.05, 4.69) is 30.1 Å². The second-order valence-electron chi connectivity index (χ2n) is 6.19. The zero-order chi connectivity index (χ0) is 15.2. The van der Waals surface area contributed by atoms with Gasteiger partial charge in [0.15, 0.2) is 0 Å². The molecule has 1 fully saturated rings. The van der Waals surface area contributed by atoms with Crippen LogP contribution in [0.3, 0.4) is 0 Å². The third-order valence-corrected chi connectivity index (χ3v) is 4.11. The van der Waals surface area contributed by atoms with E-state index in [-0.39, 0.29) is 0 Å². The van der Waals surface area contributed by atoms with Gasteiger partial charge in [-0.3, -0.25) is 0 Å². The molecule has 0 radical (unpaired) electrons. The van der Waals surface area contributed by atoms with Crippen LogP contribution in [0.4, 0.5) is 5.69 Å². The van der Waals surface area contributed by atoms with Crippen molar-refractivity contribution in [3.05, 3.63) is 23.2 Å². The van der Waals surface area contributed by atoms with Gasteiger partial charge in [0.1, 0.15) is 5.75 Å². The first kappa shape index (κ1) is 16.4. The number of nitrogens with zero attached hydrogens (tertiary/aromatic N) is 1. The Hall–Kier alpha value is -0.930. The van der Waals surface area contributed by atoms with Crippen molar-refractivity contribution in [2.24, 2.45) is 5.92 Å². The first-order valence-corrected chi connectivity index (χ1v) is 8.37. The number of ether oxygens (including phenoxy) is 1. The van der Waals surface area contributed by atoms with E-state index in [9.17, 15) is 0 Å². The molecule has 0 atom stereocenters. The molecule has 1 heterocycles. The maximum atomic E-state index is 6.23. The quantitative estimate of drug-likeness (QED) is 0.849. The third kappa shape index (κ3) is 5.08. The van der Waals surface area contributed by atoms with Crippen molar-refractivity contribution >= 4 is 17.3 Å². The molecule has 0 saturated carbocycles. The van der Waals surface area contributed by atoms with Gasteiger partial charge in [-0.2, -0.15) is 0 Å². The molecule has 1 aromatic rings. The monoisotopic (exact) mass is 310 g/mol. The molecule has 4 heteroatoms. The topological polar surface area (TPSA) is 24.5 Å². The van der Waals surface area contributed by atoms with E-state index in [0.717, 1.165) is 17.4 Å². The Labute approximate surface area is 133 Å². The van der Waals surface area contributed by atoms with E-state index in [0.29, 0.717) is 17.7 Å². The number of hydrogen-bond acceptors (Lipinski definition) is 3. The number of anilines is 1. The minimum absolute atomic E-state index is 0.544. The highest BCUT2D eigenvalue weighted by Crippen LogP contribution is 2.28. The summed E-state index contributed by atoms with van der Waals surface area (Å²) >= 11 is 6.23. The summed E-state index contributed by atoms with van der Waals surface area (Å²) < 4.78 is 5.47. The van der Waals surface area contributed by atoms with Crippen LogP contribution in [-0.2, 0) is 0 Å². The molecular weight excluding hydrogens is 284 g/mol. The van der Waals surface area contributed by atoms with Gasteiger partial charge in [0.25, 0.3) is 0 Å². The van der Waals surface area contributed by atoms with Crippen molar-refractivity contribution in [1.29, 1.82) is 0 Å². The van der Waals surface area contributed by atoms with Crippen molar-refractivity contribution in [3.8, 4) is 5.75 Å². The highest BCUT2D eigenvalue weighted by atomic mass is 35.5. The number of halogens is 1. The lowest BCUT2D eigenvalue weighted by Gasteiger charge is -2.33. The van der Waals surface area contributed by atoms with Gasteiger partial charge in [-0.15, -0.1) is 0 Å². The molecular formula is C17H27ClN2O. The number of nitrogens with one attached hydrogen (secondary N) is 1. The molecule has 1 aromatic carbocycles. The minimum atomic E-state index is 0.544.